The largest absolute Gasteiger partial charge is 0.483 e. The van der Waals surface area contributed by atoms with Crippen molar-refractivity contribution in [1.29, 1.82) is 5.26 Å². The average molecular weight is 474 g/mol. The summed E-state index contributed by atoms with van der Waals surface area (Å²) in [7, 11) is 0. The van der Waals surface area contributed by atoms with Crippen LogP contribution >= 0.6 is 0 Å². The fraction of sp³-hybridized carbons (Fsp3) is 0.286. The van der Waals surface area contributed by atoms with Gasteiger partial charge in [-0.2, -0.15) is 5.26 Å². The number of hydrogen-bond donors (Lipinski definition) is 3. The molecule has 6 nitrogen and oxygen atoms in total. The fourth-order valence-corrected chi connectivity index (χ4v) is 4.26. The number of benzene rings is 3. The number of para-hydroxylation sites is 1. The van der Waals surface area contributed by atoms with Crippen LogP contribution < -0.4 is 15.4 Å². The molecule has 0 aliphatic carbocycles. The number of nitriles is 1. The minimum absolute atomic E-state index is 0.334. The first-order valence-corrected chi connectivity index (χ1v) is 11.5. The smallest absolute Gasteiger partial charge is 0.313 e. The molecule has 3 aromatic rings. The first-order chi connectivity index (χ1) is 16.8. The van der Waals surface area contributed by atoms with Gasteiger partial charge in [-0.3, -0.25) is 4.79 Å². The van der Waals surface area contributed by atoms with Crippen LogP contribution in [0.1, 0.15) is 42.1 Å². The number of carbonyl (C=O) groups is 1. The molecule has 0 bridgehead atoms. The Kier molecular flexibility index (Phi) is 7.04. The van der Waals surface area contributed by atoms with E-state index in [-0.39, 0.29) is 18.0 Å². The lowest BCUT2D eigenvalue weighted by Crippen LogP contribution is -2.43. The predicted molar refractivity (Wildman–Crippen MR) is 132 cm³/mol. The highest BCUT2D eigenvalue weighted by atomic mass is 19.1. The predicted octanol–water partition coefficient (Wildman–Crippen LogP) is 4.81. The Balaban J connectivity index is 1.54. The van der Waals surface area contributed by atoms with E-state index in [4.69, 9.17) is 4.74 Å². The number of rotatable bonds is 8. The van der Waals surface area contributed by atoms with Gasteiger partial charge in [0.15, 0.2) is 5.75 Å². The molecule has 0 fully saturated rings. The van der Waals surface area contributed by atoms with Crippen molar-refractivity contribution >= 4 is 11.7 Å². The van der Waals surface area contributed by atoms with E-state index in [1.807, 2.05) is 36.4 Å². The molecule has 2 atom stereocenters. The van der Waals surface area contributed by atoms with Crippen LogP contribution in [0.3, 0.4) is 0 Å². The number of carboxylic acid groups (broad SMARTS) is 1. The maximum atomic E-state index is 14.1. The van der Waals surface area contributed by atoms with Crippen LogP contribution in [0.4, 0.5) is 10.1 Å². The van der Waals surface area contributed by atoms with Crippen LogP contribution in [0.25, 0.3) is 0 Å². The maximum absolute atomic E-state index is 14.1. The standard InChI is InChI=1S/C28H28FN3O3/c1-28(2,27(33)34)21-9-3-6-18(14-21)12-13-31-25(19-7-4-10-22(29)15-19)24-17-32-23-11-5-8-20(16-30)26(23)35-24/h3-11,14-15,24-25,31-32H,12-13,17H2,1-2H3,(H,33,34)/t24-,25-/m1/s1. The van der Waals surface area contributed by atoms with Gasteiger partial charge in [0, 0.05) is 0 Å². The summed E-state index contributed by atoms with van der Waals surface area (Å²) in [5, 5.41) is 25.9. The second kappa shape index (κ2) is 10.2. The number of nitrogens with zero attached hydrogens (tertiary/aromatic N) is 1. The summed E-state index contributed by atoms with van der Waals surface area (Å²) in [6, 6.07) is 21.2. The topological polar surface area (TPSA) is 94.4 Å². The number of anilines is 1. The van der Waals surface area contributed by atoms with Crippen molar-refractivity contribution in [3.05, 3.63) is 94.8 Å². The maximum Gasteiger partial charge on any atom is 0.313 e. The third kappa shape index (κ3) is 5.28. The van der Waals surface area contributed by atoms with Crippen molar-refractivity contribution in [2.45, 2.75) is 37.8 Å². The highest BCUT2D eigenvalue weighted by molar-refractivity contribution is 5.80. The molecule has 7 heteroatoms. The molecule has 1 heterocycles. The van der Waals surface area contributed by atoms with Crippen molar-refractivity contribution in [1.82, 2.24) is 5.32 Å². The zero-order valence-corrected chi connectivity index (χ0v) is 19.7. The molecule has 3 aromatic carbocycles. The summed E-state index contributed by atoms with van der Waals surface area (Å²) >= 11 is 0. The second-order valence-corrected chi connectivity index (χ2v) is 9.20. The van der Waals surface area contributed by atoms with Crippen molar-refractivity contribution < 1.29 is 19.0 Å². The number of carboxylic acids is 1. The number of fused-ring (bicyclic) bond motifs is 1. The van der Waals surface area contributed by atoms with Gasteiger partial charge in [0.2, 0.25) is 0 Å². The number of aliphatic carboxylic acids is 1. The summed E-state index contributed by atoms with van der Waals surface area (Å²) in [5.74, 6) is -0.712. The molecule has 1 aliphatic heterocycles. The zero-order valence-electron chi connectivity index (χ0n) is 19.7. The third-order valence-electron chi connectivity index (χ3n) is 6.44. The Morgan fingerprint density at radius 2 is 2.00 bits per heavy atom. The SMILES string of the molecule is CC(C)(C(=O)O)c1cccc(CCN[C@H](c2cccc(F)c2)[C@H]2CNc3cccc(C#N)c3O2)c1. The quantitative estimate of drug-likeness (QED) is 0.435. The monoisotopic (exact) mass is 473 g/mol. The van der Waals surface area contributed by atoms with Crippen molar-refractivity contribution in [2.75, 3.05) is 18.4 Å². The number of halogens is 1. The molecule has 1 aliphatic rings. The molecule has 0 amide bonds. The second-order valence-electron chi connectivity index (χ2n) is 9.20. The van der Waals surface area contributed by atoms with Crippen LogP contribution in [0.15, 0.2) is 66.7 Å². The van der Waals surface area contributed by atoms with Gasteiger partial charge in [-0.15, -0.1) is 0 Å². The van der Waals surface area contributed by atoms with Crippen LogP contribution in [0.2, 0.25) is 0 Å². The molecule has 0 saturated carbocycles. The van der Waals surface area contributed by atoms with E-state index in [1.165, 1.54) is 12.1 Å². The van der Waals surface area contributed by atoms with Gasteiger partial charge >= 0.3 is 5.97 Å². The minimum Gasteiger partial charge on any atom is -0.483 e. The van der Waals surface area contributed by atoms with Crippen molar-refractivity contribution in [2.24, 2.45) is 0 Å². The van der Waals surface area contributed by atoms with E-state index < -0.39 is 11.4 Å². The molecular weight excluding hydrogens is 445 g/mol. The van der Waals surface area contributed by atoms with Gasteiger partial charge in [0.25, 0.3) is 0 Å². The highest BCUT2D eigenvalue weighted by Gasteiger charge is 2.31. The molecule has 0 aromatic heterocycles. The van der Waals surface area contributed by atoms with Crippen LogP contribution in [-0.2, 0) is 16.6 Å². The number of hydrogen-bond acceptors (Lipinski definition) is 5. The van der Waals surface area contributed by atoms with Crippen LogP contribution in [-0.4, -0.2) is 30.3 Å². The van der Waals surface area contributed by atoms with Gasteiger partial charge in [-0.05, 0) is 67.8 Å². The number of ether oxygens (including phenoxy) is 1. The van der Waals surface area contributed by atoms with Gasteiger partial charge in [-0.1, -0.05) is 42.5 Å². The van der Waals surface area contributed by atoms with E-state index in [0.717, 1.165) is 22.4 Å². The molecule has 0 spiro atoms. The summed E-state index contributed by atoms with van der Waals surface area (Å²) in [5.41, 5.74) is 2.70. The van der Waals surface area contributed by atoms with Crippen LogP contribution in [0, 0.1) is 17.1 Å². The molecule has 4 rings (SSSR count). The Morgan fingerprint density at radius 3 is 2.74 bits per heavy atom. The van der Waals surface area contributed by atoms with Gasteiger partial charge < -0.3 is 20.5 Å². The minimum atomic E-state index is -0.985. The first kappa shape index (κ1) is 24.2. The summed E-state index contributed by atoms with van der Waals surface area (Å²) < 4.78 is 20.4. The Morgan fingerprint density at radius 1 is 1.23 bits per heavy atom. The summed E-state index contributed by atoms with van der Waals surface area (Å²) in [4.78, 5) is 11.6. The molecule has 180 valence electrons. The Labute approximate surface area is 204 Å². The van der Waals surface area contributed by atoms with E-state index in [2.05, 4.69) is 16.7 Å². The number of nitrogens with one attached hydrogen (secondary N) is 2. The molecular formula is C28H28FN3O3. The van der Waals surface area contributed by atoms with Gasteiger partial charge in [0.05, 0.1) is 29.3 Å². The van der Waals surface area contributed by atoms with Gasteiger partial charge in [-0.25, -0.2) is 4.39 Å². The van der Waals surface area contributed by atoms with E-state index in [9.17, 15) is 19.6 Å². The van der Waals surface area contributed by atoms with Crippen LogP contribution in [0.5, 0.6) is 5.75 Å². The molecule has 0 unspecified atom stereocenters. The summed E-state index contributed by atoms with van der Waals surface area (Å²) in [6.07, 6.45) is 0.270. The highest BCUT2D eigenvalue weighted by Crippen LogP contribution is 2.35. The fourth-order valence-electron chi connectivity index (χ4n) is 4.26. The van der Waals surface area contributed by atoms with E-state index in [1.54, 1.807) is 32.0 Å². The normalized spacial score (nSPS) is 15.8. The molecule has 0 radical (unpaired) electrons. The van der Waals surface area contributed by atoms with E-state index in [0.29, 0.717) is 30.8 Å². The first-order valence-electron chi connectivity index (χ1n) is 11.5. The lowest BCUT2D eigenvalue weighted by Gasteiger charge is -2.34. The lowest BCUT2D eigenvalue weighted by atomic mass is 9.84. The van der Waals surface area contributed by atoms with Gasteiger partial charge in [0.1, 0.15) is 18.0 Å². The molecule has 3 N–H and O–H groups in total. The average Bonchev–Trinajstić information content (AvgIpc) is 2.86. The van der Waals surface area contributed by atoms with Crippen molar-refractivity contribution in [3.63, 3.8) is 0 Å². The third-order valence-corrected chi connectivity index (χ3v) is 6.44. The summed E-state index contributed by atoms with van der Waals surface area (Å²) in [6.45, 7) is 4.42. The molecule has 35 heavy (non-hydrogen) atoms. The lowest BCUT2D eigenvalue weighted by molar-refractivity contribution is -0.142. The van der Waals surface area contributed by atoms with E-state index >= 15 is 0 Å². The Bertz CT molecular complexity index is 1270. The zero-order chi connectivity index (χ0) is 25.0. The molecule has 0 saturated heterocycles. The Hall–Kier alpha value is -3.89. The van der Waals surface area contributed by atoms with Crippen molar-refractivity contribution in [3.8, 4) is 11.8 Å².